The van der Waals surface area contributed by atoms with Crippen LogP contribution in [0, 0.1) is 0 Å². The molecule has 3 nitrogen and oxygen atoms in total. The van der Waals surface area contributed by atoms with E-state index in [1.165, 1.54) is 25.8 Å². The Morgan fingerprint density at radius 2 is 2.57 bits per heavy atom. The van der Waals surface area contributed by atoms with Gasteiger partial charge in [-0.3, -0.25) is 4.98 Å². The minimum absolute atomic E-state index is 0.721. The predicted molar refractivity (Wildman–Crippen MR) is 58.4 cm³/mol. The zero-order valence-electron chi connectivity index (χ0n) is 8.37. The zero-order valence-corrected chi connectivity index (χ0v) is 8.37. The molecule has 1 aliphatic rings. The van der Waals surface area contributed by atoms with Gasteiger partial charge in [-0.2, -0.15) is 0 Å². The molecule has 76 valence electrons. The second kappa shape index (κ2) is 4.96. The second-order valence-electron chi connectivity index (χ2n) is 3.75. The fourth-order valence-corrected chi connectivity index (χ4v) is 1.86. The van der Waals surface area contributed by atoms with Crippen LogP contribution in [0.4, 0.5) is 5.69 Å². The van der Waals surface area contributed by atoms with E-state index in [4.69, 9.17) is 0 Å². The van der Waals surface area contributed by atoms with Gasteiger partial charge >= 0.3 is 0 Å². The molecule has 0 aromatic carbocycles. The molecule has 0 spiro atoms. The average Bonchev–Trinajstić information content (AvgIpc) is 2.72. The van der Waals surface area contributed by atoms with Gasteiger partial charge < -0.3 is 10.6 Å². The number of anilines is 1. The molecule has 2 rings (SSSR count). The lowest BCUT2D eigenvalue weighted by molar-refractivity contribution is 0.574. The Morgan fingerprint density at radius 1 is 1.57 bits per heavy atom. The van der Waals surface area contributed by atoms with Gasteiger partial charge in [0.05, 0.1) is 5.69 Å². The van der Waals surface area contributed by atoms with Gasteiger partial charge in [0.25, 0.3) is 0 Å². The van der Waals surface area contributed by atoms with E-state index >= 15 is 0 Å². The van der Waals surface area contributed by atoms with E-state index in [2.05, 4.69) is 21.7 Å². The van der Waals surface area contributed by atoms with Crippen molar-refractivity contribution in [3.8, 4) is 0 Å². The Labute approximate surface area is 84.9 Å². The highest BCUT2D eigenvalue weighted by Gasteiger charge is 2.12. The van der Waals surface area contributed by atoms with Crippen LogP contribution in [0.5, 0.6) is 0 Å². The minimum atomic E-state index is 0.721. The Morgan fingerprint density at radius 3 is 3.29 bits per heavy atom. The van der Waals surface area contributed by atoms with Gasteiger partial charge in [0.1, 0.15) is 0 Å². The van der Waals surface area contributed by atoms with Crippen molar-refractivity contribution in [3.63, 3.8) is 0 Å². The largest absolute Gasteiger partial charge is 0.384 e. The molecule has 3 heteroatoms. The van der Waals surface area contributed by atoms with Crippen molar-refractivity contribution in [2.45, 2.75) is 25.3 Å². The molecule has 0 unspecified atom stereocenters. The van der Waals surface area contributed by atoms with Crippen LogP contribution < -0.4 is 10.6 Å². The van der Waals surface area contributed by atoms with Crippen LogP contribution in [0.15, 0.2) is 24.5 Å². The summed E-state index contributed by atoms with van der Waals surface area (Å²) in [7, 11) is 0. The SMILES string of the molecule is c1cncc(NCC[C@@H]2CCCN2)c1. The van der Waals surface area contributed by atoms with Gasteiger partial charge in [-0.1, -0.05) is 0 Å². The van der Waals surface area contributed by atoms with Crippen molar-refractivity contribution in [2.75, 3.05) is 18.4 Å². The summed E-state index contributed by atoms with van der Waals surface area (Å²) in [6.45, 7) is 2.22. The summed E-state index contributed by atoms with van der Waals surface area (Å²) in [4.78, 5) is 4.06. The number of nitrogens with one attached hydrogen (secondary N) is 2. The van der Waals surface area contributed by atoms with Crippen molar-refractivity contribution in [1.29, 1.82) is 0 Å². The van der Waals surface area contributed by atoms with E-state index in [1.807, 2.05) is 12.3 Å². The van der Waals surface area contributed by atoms with E-state index in [-0.39, 0.29) is 0 Å². The molecule has 0 radical (unpaired) electrons. The zero-order chi connectivity index (χ0) is 9.64. The molecule has 2 heterocycles. The lowest BCUT2D eigenvalue weighted by Crippen LogP contribution is -2.24. The Balaban J connectivity index is 1.67. The van der Waals surface area contributed by atoms with Gasteiger partial charge in [-0.15, -0.1) is 0 Å². The molecule has 1 fully saturated rings. The maximum absolute atomic E-state index is 4.06. The minimum Gasteiger partial charge on any atom is -0.384 e. The van der Waals surface area contributed by atoms with E-state index < -0.39 is 0 Å². The summed E-state index contributed by atoms with van der Waals surface area (Å²) >= 11 is 0. The summed E-state index contributed by atoms with van der Waals surface area (Å²) in [5.74, 6) is 0. The van der Waals surface area contributed by atoms with E-state index in [9.17, 15) is 0 Å². The maximum atomic E-state index is 4.06. The Kier molecular flexibility index (Phi) is 3.35. The molecular weight excluding hydrogens is 174 g/mol. The normalized spacial score (nSPS) is 21.0. The molecule has 14 heavy (non-hydrogen) atoms. The van der Waals surface area contributed by atoms with Crippen molar-refractivity contribution in [3.05, 3.63) is 24.5 Å². The fraction of sp³-hybridized carbons (Fsp3) is 0.545. The van der Waals surface area contributed by atoms with Crippen LogP contribution in [-0.2, 0) is 0 Å². The van der Waals surface area contributed by atoms with Gasteiger partial charge in [0.15, 0.2) is 0 Å². The molecule has 2 N–H and O–H groups in total. The predicted octanol–water partition coefficient (Wildman–Crippen LogP) is 1.64. The number of hydrogen-bond donors (Lipinski definition) is 2. The molecule has 1 atom stereocenters. The quantitative estimate of drug-likeness (QED) is 0.759. The van der Waals surface area contributed by atoms with Crippen molar-refractivity contribution >= 4 is 5.69 Å². The summed E-state index contributed by atoms with van der Waals surface area (Å²) < 4.78 is 0. The lowest BCUT2D eigenvalue weighted by Gasteiger charge is -2.10. The first-order chi connectivity index (χ1) is 6.95. The van der Waals surface area contributed by atoms with Gasteiger partial charge in [-0.05, 0) is 37.9 Å². The molecule has 0 saturated carbocycles. The molecule has 1 aromatic heterocycles. The number of pyridine rings is 1. The highest BCUT2D eigenvalue weighted by atomic mass is 15.0. The highest BCUT2D eigenvalue weighted by Crippen LogP contribution is 2.09. The third-order valence-electron chi connectivity index (χ3n) is 2.65. The molecule has 1 saturated heterocycles. The van der Waals surface area contributed by atoms with E-state index in [1.54, 1.807) is 6.20 Å². The first-order valence-corrected chi connectivity index (χ1v) is 5.32. The van der Waals surface area contributed by atoms with Crippen molar-refractivity contribution in [1.82, 2.24) is 10.3 Å². The van der Waals surface area contributed by atoms with Crippen LogP contribution in [0.25, 0.3) is 0 Å². The third-order valence-corrected chi connectivity index (χ3v) is 2.65. The summed E-state index contributed by atoms with van der Waals surface area (Å²) in [5, 5.41) is 6.86. The number of hydrogen-bond acceptors (Lipinski definition) is 3. The maximum Gasteiger partial charge on any atom is 0.0526 e. The second-order valence-corrected chi connectivity index (χ2v) is 3.75. The molecule has 0 aliphatic carbocycles. The monoisotopic (exact) mass is 191 g/mol. The van der Waals surface area contributed by atoms with Crippen LogP contribution in [0.1, 0.15) is 19.3 Å². The van der Waals surface area contributed by atoms with Crippen molar-refractivity contribution in [2.24, 2.45) is 0 Å². The molecule has 1 aliphatic heterocycles. The summed E-state index contributed by atoms with van der Waals surface area (Å²) in [6.07, 6.45) is 7.52. The molecular formula is C11H17N3. The molecule has 0 amide bonds. The van der Waals surface area contributed by atoms with Crippen LogP contribution in [0.3, 0.4) is 0 Å². The summed E-state index contributed by atoms with van der Waals surface area (Å²) in [5.41, 5.74) is 1.12. The van der Waals surface area contributed by atoms with E-state index in [0.29, 0.717) is 0 Å². The topological polar surface area (TPSA) is 37.0 Å². The molecule has 0 bridgehead atoms. The van der Waals surface area contributed by atoms with E-state index in [0.717, 1.165) is 18.3 Å². The van der Waals surface area contributed by atoms with Crippen LogP contribution in [0.2, 0.25) is 0 Å². The van der Waals surface area contributed by atoms with Crippen LogP contribution >= 0.6 is 0 Å². The first kappa shape index (κ1) is 9.46. The third kappa shape index (κ3) is 2.70. The number of rotatable bonds is 4. The summed E-state index contributed by atoms with van der Waals surface area (Å²) in [6, 6.07) is 4.73. The Hall–Kier alpha value is -1.09. The average molecular weight is 191 g/mol. The smallest absolute Gasteiger partial charge is 0.0526 e. The number of aromatic nitrogens is 1. The lowest BCUT2D eigenvalue weighted by atomic mass is 10.1. The highest BCUT2D eigenvalue weighted by molar-refractivity contribution is 5.39. The number of nitrogens with zero attached hydrogens (tertiary/aromatic N) is 1. The molecule has 1 aromatic rings. The standard InChI is InChI=1S/C11H17N3/c1-4-11(9-12-6-1)14-8-5-10-3-2-7-13-10/h1,4,6,9-10,13-14H,2-3,5,7-8H2/t10-/m0/s1. The van der Waals surface area contributed by atoms with Gasteiger partial charge in [-0.25, -0.2) is 0 Å². The van der Waals surface area contributed by atoms with Crippen LogP contribution in [-0.4, -0.2) is 24.1 Å². The van der Waals surface area contributed by atoms with Crippen molar-refractivity contribution < 1.29 is 0 Å². The Bertz CT molecular complexity index is 254. The fourth-order valence-electron chi connectivity index (χ4n) is 1.86. The first-order valence-electron chi connectivity index (χ1n) is 5.32. The van der Waals surface area contributed by atoms with Gasteiger partial charge in [0.2, 0.25) is 0 Å². The van der Waals surface area contributed by atoms with Gasteiger partial charge in [0, 0.05) is 25.0 Å².